The normalized spacial score (nSPS) is 21.8. The molecule has 1 N–H and O–H groups in total. The fourth-order valence-corrected chi connectivity index (χ4v) is 2.49. The van der Waals surface area contributed by atoms with E-state index >= 15 is 0 Å². The summed E-state index contributed by atoms with van der Waals surface area (Å²) in [5, 5.41) is 2.87. The molecule has 1 fully saturated rings. The van der Waals surface area contributed by atoms with Crippen molar-refractivity contribution in [3.05, 3.63) is 23.8 Å². The van der Waals surface area contributed by atoms with Gasteiger partial charge in [-0.2, -0.15) is 0 Å². The number of halogens is 1. The minimum Gasteiger partial charge on any atom is -0.494 e. The van der Waals surface area contributed by atoms with Crippen molar-refractivity contribution in [1.82, 2.24) is 0 Å². The number of rotatable bonds is 5. The maximum atomic E-state index is 12.1. The highest BCUT2D eigenvalue weighted by atomic mass is 35.5. The molecule has 1 aromatic carbocycles. The third kappa shape index (κ3) is 3.64. The van der Waals surface area contributed by atoms with Gasteiger partial charge in [0.25, 0.3) is 5.91 Å². The summed E-state index contributed by atoms with van der Waals surface area (Å²) in [5.41, 5.74) is 1.59. The average molecular weight is 298 g/mol. The molecule has 1 aliphatic heterocycles. The quantitative estimate of drug-likeness (QED) is 0.848. The molecule has 2 atom stereocenters. The Morgan fingerprint density at radius 2 is 2.30 bits per heavy atom. The summed E-state index contributed by atoms with van der Waals surface area (Å²) in [4.78, 5) is 12.1. The number of hydrogen-bond donors (Lipinski definition) is 1. The largest absolute Gasteiger partial charge is 0.494 e. The van der Waals surface area contributed by atoms with Gasteiger partial charge in [0.15, 0.2) is 0 Å². The number of carbonyl (C=O) groups excluding carboxylic acids is 1. The first-order valence-electron chi connectivity index (χ1n) is 6.92. The molecule has 5 heteroatoms. The highest BCUT2D eigenvalue weighted by molar-refractivity contribution is 6.17. The van der Waals surface area contributed by atoms with Crippen LogP contribution in [0.2, 0.25) is 0 Å². The molecule has 1 aliphatic rings. The second-order valence-electron chi connectivity index (χ2n) is 4.89. The molecule has 20 heavy (non-hydrogen) atoms. The van der Waals surface area contributed by atoms with Crippen molar-refractivity contribution < 1.29 is 14.3 Å². The number of ether oxygens (including phenoxy) is 2. The molecule has 0 saturated carbocycles. The summed E-state index contributed by atoms with van der Waals surface area (Å²) in [5.74, 6) is 1.00. The van der Waals surface area contributed by atoms with E-state index in [0.717, 1.165) is 29.8 Å². The van der Waals surface area contributed by atoms with Crippen molar-refractivity contribution in [1.29, 1.82) is 0 Å². The molecule has 2 unspecified atom stereocenters. The predicted octanol–water partition coefficient (Wildman–Crippen LogP) is 3.33. The van der Waals surface area contributed by atoms with Crippen LogP contribution in [-0.4, -0.2) is 24.7 Å². The highest BCUT2D eigenvalue weighted by Gasteiger charge is 2.28. The Morgan fingerprint density at radius 1 is 1.50 bits per heavy atom. The molecular formula is C15H20ClNO3. The summed E-state index contributed by atoms with van der Waals surface area (Å²) < 4.78 is 11.0. The van der Waals surface area contributed by atoms with E-state index in [0.29, 0.717) is 12.5 Å². The Morgan fingerprint density at radius 3 is 2.90 bits per heavy atom. The molecule has 0 radical (unpaired) electrons. The van der Waals surface area contributed by atoms with Crippen LogP contribution >= 0.6 is 11.6 Å². The van der Waals surface area contributed by atoms with Gasteiger partial charge in [-0.05, 0) is 44.9 Å². The second-order valence-corrected chi connectivity index (χ2v) is 5.16. The summed E-state index contributed by atoms with van der Waals surface area (Å²) >= 11 is 5.91. The molecule has 0 spiro atoms. The Labute approximate surface area is 124 Å². The predicted molar refractivity (Wildman–Crippen MR) is 79.4 cm³/mol. The van der Waals surface area contributed by atoms with E-state index in [1.54, 1.807) is 0 Å². The van der Waals surface area contributed by atoms with Crippen molar-refractivity contribution in [3.63, 3.8) is 0 Å². The maximum Gasteiger partial charge on any atom is 0.253 e. The number of amides is 1. The van der Waals surface area contributed by atoms with Gasteiger partial charge in [-0.1, -0.05) is 0 Å². The van der Waals surface area contributed by atoms with E-state index in [1.165, 1.54) is 0 Å². The molecule has 0 aliphatic carbocycles. The van der Waals surface area contributed by atoms with Gasteiger partial charge in [0, 0.05) is 11.3 Å². The minimum atomic E-state index is -0.351. The molecule has 4 nitrogen and oxygen atoms in total. The summed E-state index contributed by atoms with van der Waals surface area (Å²) in [6.45, 7) is 4.49. The molecule has 0 bridgehead atoms. The average Bonchev–Trinajstić information content (AvgIpc) is 2.87. The van der Waals surface area contributed by atoms with Gasteiger partial charge in [0.1, 0.15) is 11.9 Å². The Balaban J connectivity index is 2.04. The molecular weight excluding hydrogens is 278 g/mol. The van der Waals surface area contributed by atoms with Gasteiger partial charge < -0.3 is 14.8 Å². The summed E-state index contributed by atoms with van der Waals surface area (Å²) in [6.07, 6.45) is 1.50. The van der Waals surface area contributed by atoms with Crippen LogP contribution in [0.4, 0.5) is 5.69 Å². The lowest BCUT2D eigenvalue weighted by Crippen LogP contribution is -2.27. The van der Waals surface area contributed by atoms with Crippen molar-refractivity contribution in [3.8, 4) is 5.75 Å². The molecule has 1 amide bonds. The number of hydrogen-bond acceptors (Lipinski definition) is 3. The van der Waals surface area contributed by atoms with Crippen LogP contribution in [0.1, 0.15) is 32.3 Å². The Kier molecular flexibility index (Phi) is 5.26. The van der Waals surface area contributed by atoms with Crippen LogP contribution in [0.5, 0.6) is 5.75 Å². The van der Waals surface area contributed by atoms with Crippen LogP contribution in [0.25, 0.3) is 0 Å². The van der Waals surface area contributed by atoms with Crippen LogP contribution in [0.15, 0.2) is 18.2 Å². The highest BCUT2D eigenvalue weighted by Crippen LogP contribution is 2.26. The number of carbonyl (C=O) groups is 1. The van der Waals surface area contributed by atoms with E-state index in [-0.39, 0.29) is 18.1 Å². The van der Waals surface area contributed by atoms with Gasteiger partial charge >= 0.3 is 0 Å². The second kappa shape index (κ2) is 6.95. The standard InChI is InChI=1S/C15H20ClNO3/c1-3-19-13-7-5-12(8-11(13)9-16)17-15(18)14-6-4-10(2)20-14/h5,7-8,10,14H,3-4,6,9H2,1-2H3,(H,17,18). The van der Waals surface area contributed by atoms with Crippen LogP contribution in [0, 0.1) is 0 Å². The van der Waals surface area contributed by atoms with Crippen molar-refractivity contribution in [2.24, 2.45) is 0 Å². The first kappa shape index (κ1) is 15.1. The van der Waals surface area contributed by atoms with Crippen molar-refractivity contribution >= 4 is 23.2 Å². The SMILES string of the molecule is CCOc1ccc(NC(=O)C2CCC(C)O2)cc1CCl. The molecule has 0 aromatic heterocycles. The summed E-state index contributed by atoms with van der Waals surface area (Å²) in [6, 6.07) is 5.49. The third-order valence-electron chi connectivity index (χ3n) is 3.30. The summed E-state index contributed by atoms with van der Waals surface area (Å²) in [7, 11) is 0. The van der Waals surface area contributed by atoms with Gasteiger partial charge in [0.05, 0.1) is 18.6 Å². The lowest BCUT2D eigenvalue weighted by atomic mass is 10.1. The zero-order chi connectivity index (χ0) is 14.5. The van der Waals surface area contributed by atoms with Crippen LogP contribution in [0.3, 0.4) is 0 Å². The van der Waals surface area contributed by atoms with Gasteiger partial charge in [-0.3, -0.25) is 4.79 Å². The monoisotopic (exact) mass is 297 g/mol. The van der Waals surface area contributed by atoms with Crippen molar-refractivity contribution in [2.75, 3.05) is 11.9 Å². The number of anilines is 1. The van der Waals surface area contributed by atoms with E-state index in [4.69, 9.17) is 21.1 Å². The fourth-order valence-electron chi connectivity index (χ4n) is 2.28. The van der Waals surface area contributed by atoms with E-state index in [9.17, 15) is 4.79 Å². The van der Waals surface area contributed by atoms with Gasteiger partial charge in [0.2, 0.25) is 0 Å². The van der Waals surface area contributed by atoms with E-state index in [2.05, 4.69) is 5.32 Å². The van der Waals surface area contributed by atoms with Gasteiger partial charge in [-0.15, -0.1) is 11.6 Å². The topological polar surface area (TPSA) is 47.6 Å². The lowest BCUT2D eigenvalue weighted by molar-refractivity contribution is -0.126. The third-order valence-corrected chi connectivity index (χ3v) is 3.58. The molecule has 2 rings (SSSR count). The molecule has 110 valence electrons. The number of alkyl halides is 1. The molecule has 1 aromatic rings. The first-order valence-corrected chi connectivity index (χ1v) is 7.45. The first-order chi connectivity index (χ1) is 9.63. The Hall–Kier alpha value is -1.26. The minimum absolute atomic E-state index is 0.0981. The van der Waals surface area contributed by atoms with Crippen molar-refractivity contribution in [2.45, 2.75) is 44.8 Å². The molecule has 1 saturated heterocycles. The number of nitrogens with one attached hydrogen (secondary N) is 1. The van der Waals surface area contributed by atoms with Gasteiger partial charge in [-0.25, -0.2) is 0 Å². The van der Waals surface area contributed by atoms with E-state index in [1.807, 2.05) is 32.0 Å². The van der Waals surface area contributed by atoms with Crippen LogP contribution in [-0.2, 0) is 15.4 Å². The zero-order valence-corrected chi connectivity index (χ0v) is 12.6. The Bertz CT molecular complexity index is 478. The zero-order valence-electron chi connectivity index (χ0n) is 11.8. The fraction of sp³-hybridized carbons (Fsp3) is 0.533. The van der Waals surface area contributed by atoms with E-state index < -0.39 is 0 Å². The maximum absolute atomic E-state index is 12.1. The lowest BCUT2D eigenvalue weighted by Gasteiger charge is -2.14. The molecule has 1 heterocycles. The smallest absolute Gasteiger partial charge is 0.253 e. The number of benzene rings is 1. The van der Waals surface area contributed by atoms with Crippen LogP contribution < -0.4 is 10.1 Å².